The van der Waals surface area contributed by atoms with Gasteiger partial charge in [-0.2, -0.15) is 0 Å². The van der Waals surface area contributed by atoms with Crippen molar-refractivity contribution in [3.8, 4) is 0 Å². The van der Waals surface area contributed by atoms with Crippen molar-refractivity contribution in [1.29, 1.82) is 0 Å². The molecule has 0 spiro atoms. The minimum absolute atomic E-state index is 0.396. The summed E-state index contributed by atoms with van der Waals surface area (Å²) in [4.78, 5) is 10.6. The van der Waals surface area contributed by atoms with Gasteiger partial charge in [-0.15, -0.1) is 0 Å². The molecule has 2 aromatic rings. The Morgan fingerprint density at radius 2 is 1.46 bits per heavy atom. The van der Waals surface area contributed by atoms with Gasteiger partial charge in [-0.3, -0.25) is 0 Å². The van der Waals surface area contributed by atoms with Crippen LogP contribution < -0.4 is 0 Å². The van der Waals surface area contributed by atoms with Crippen LogP contribution >= 0.6 is 7.94 Å². The van der Waals surface area contributed by atoms with E-state index in [1.165, 1.54) is 5.56 Å². The molecule has 0 atom stereocenters. The average Bonchev–Trinajstić information content (AvgIpc) is 2.58. The van der Waals surface area contributed by atoms with Gasteiger partial charge in [0.05, 0.1) is 0 Å². The van der Waals surface area contributed by atoms with Crippen molar-refractivity contribution < 1.29 is 13.9 Å². The van der Waals surface area contributed by atoms with Crippen LogP contribution in [0.3, 0.4) is 0 Å². The second kappa shape index (κ2) is 9.10. The predicted molar refractivity (Wildman–Crippen MR) is 103 cm³/mol. The quantitative estimate of drug-likeness (QED) is 0.685. The molecule has 1 N–H and O–H groups in total. The van der Waals surface area contributed by atoms with E-state index in [1.54, 1.807) is 0 Å². The first-order chi connectivity index (χ1) is 11.6. The third-order valence-electron chi connectivity index (χ3n) is 3.75. The molecule has 24 heavy (non-hydrogen) atoms. The Bertz CT molecular complexity index is 644. The van der Waals surface area contributed by atoms with Crippen molar-refractivity contribution >= 4 is 13.5 Å². The van der Waals surface area contributed by atoms with Gasteiger partial charge in [0.25, 0.3) is 0 Å². The summed E-state index contributed by atoms with van der Waals surface area (Å²) in [6.07, 6.45) is 2.43. The van der Waals surface area contributed by atoms with Crippen LogP contribution in [0.4, 0.5) is 0 Å². The number of benzene rings is 2. The summed E-state index contributed by atoms with van der Waals surface area (Å²) < 4.78 is 11.1. The van der Waals surface area contributed by atoms with E-state index >= 15 is 0 Å². The van der Waals surface area contributed by atoms with E-state index in [-0.39, 0.29) is 0 Å². The number of aryl methyl sites for hydroxylation is 1. The van der Waals surface area contributed by atoms with Crippen molar-refractivity contribution in [3.63, 3.8) is 0 Å². The molecule has 0 aliphatic heterocycles. The van der Waals surface area contributed by atoms with E-state index in [4.69, 9.17) is 9.05 Å². The Balaban J connectivity index is 2.36. The molecule has 0 heterocycles. The normalized spacial score (nSPS) is 13.1. The Kier molecular flexibility index (Phi) is 7.14. The molecular formula is C20H27O3P. The van der Waals surface area contributed by atoms with Gasteiger partial charge in [0, 0.05) is 0 Å². The Morgan fingerprint density at radius 3 is 2.00 bits per heavy atom. The monoisotopic (exact) mass is 346 g/mol. The van der Waals surface area contributed by atoms with Crippen LogP contribution in [0.5, 0.6) is 0 Å². The summed E-state index contributed by atoms with van der Waals surface area (Å²) in [5, 5.41) is 0. The van der Waals surface area contributed by atoms with Crippen molar-refractivity contribution in [3.05, 3.63) is 77.4 Å². The minimum atomic E-state index is -3.17. The van der Waals surface area contributed by atoms with E-state index in [2.05, 4.69) is 43.3 Å². The fourth-order valence-corrected chi connectivity index (χ4v) is 4.28. The van der Waals surface area contributed by atoms with Crippen LogP contribution in [0.1, 0.15) is 30.5 Å². The zero-order valence-corrected chi connectivity index (χ0v) is 15.7. The Morgan fingerprint density at radius 1 is 0.917 bits per heavy atom. The molecule has 0 bridgehead atoms. The first-order valence-electron chi connectivity index (χ1n) is 8.41. The van der Waals surface area contributed by atoms with Gasteiger partial charge >= 0.3 is 145 Å². The summed E-state index contributed by atoms with van der Waals surface area (Å²) >= 11 is 0. The fourth-order valence-electron chi connectivity index (χ4n) is 2.59. The fraction of sp³-hybridized carbons (Fsp3) is 0.300. The number of hydrogen-bond donors (Lipinski definition) is 1. The number of allylic oxidation sites excluding steroid dienone is 1. The maximum atomic E-state index is 10.6. The molecule has 0 saturated carbocycles. The third kappa shape index (κ3) is 5.25. The van der Waals surface area contributed by atoms with Gasteiger partial charge in [0.2, 0.25) is 0 Å². The molecule has 4 heteroatoms. The van der Waals surface area contributed by atoms with Crippen LogP contribution in [-0.4, -0.2) is 24.3 Å². The van der Waals surface area contributed by atoms with E-state index < -0.39 is 7.94 Å². The van der Waals surface area contributed by atoms with E-state index in [0.29, 0.717) is 19.4 Å². The van der Waals surface area contributed by atoms with Crippen LogP contribution in [-0.2, 0) is 9.05 Å². The van der Waals surface area contributed by atoms with Gasteiger partial charge in [-0.25, -0.2) is 0 Å². The summed E-state index contributed by atoms with van der Waals surface area (Å²) in [5.74, 6) is 0. The molecule has 3 nitrogen and oxygen atoms in total. The van der Waals surface area contributed by atoms with Gasteiger partial charge in [-0.05, 0) is 0 Å². The molecule has 0 aromatic heterocycles. The molecule has 0 aliphatic rings. The molecule has 0 fully saturated rings. The molecule has 2 aromatic carbocycles. The average molecular weight is 346 g/mol. The Labute approximate surface area is 145 Å². The van der Waals surface area contributed by atoms with Gasteiger partial charge < -0.3 is 0 Å². The van der Waals surface area contributed by atoms with Gasteiger partial charge in [0.15, 0.2) is 0 Å². The zero-order chi connectivity index (χ0) is 17.4. The van der Waals surface area contributed by atoms with E-state index in [9.17, 15) is 4.89 Å². The van der Waals surface area contributed by atoms with E-state index in [0.717, 1.165) is 16.7 Å². The summed E-state index contributed by atoms with van der Waals surface area (Å²) in [6, 6.07) is 18.6. The van der Waals surface area contributed by atoms with Crippen LogP contribution in [0, 0.1) is 6.92 Å². The standard InChI is InChI=1S/C20H27O3P/c1-4-22-24(21,23-5-2)16-15-20(18-9-7-6-8-10-18)19-13-11-17(3)12-14-19/h6-15,21,24H,4-5,16H2,1-3H3. The molecule has 130 valence electrons. The van der Waals surface area contributed by atoms with Crippen molar-refractivity contribution in [2.45, 2.75) is 20.8 Å². The summed E-state index contributed by atoms with van der Waals surface area (Å²) in [5.41, 5.74) is 4.54. The first kappa shape index (κ1) is 18.8. The molecule has 2 rings (SSSR count). The molecule has 0 unspecified atom stereocenters. The topological polar surface area (TPSA) is 38.7 Å². The SMILES string of the molecule is CCO[PH](O)(CC=C(c1ccccc1)c1ccc(C)cc1)OCC. The van der Waals surface area contributed by atoms with E-state index in [1.807, 2.05) is 38.1 Å². The van der Waals surface area contributed by atoms with Gasteiger partial charge in [-0.1, -0.05) is 0 Å². The third-order valence-corrected chi connectivity index (χ3v) is 5.95. The van der Waals surface area contributed by atoms with Crippen molar-refractivity contribution in [2.75, 3.05) is 19.4 Å². The van der Waals surface area contributed by atoms with Gasteiger partial charge in [0.1, 0.15) is 0 Å². The molecule has 0 radical (unpaired) electrons. The molecule has 0 amide bonds. The van der Waals surface area contributed by atoms with Crippen LogP contribution in [0.2, 0.25) is 0 Å². The Hall–Kier alpha value is -1.51. The van der Waals surface area contributed by atoms with Crippen LogP contribution in [0.25, 0.3) is 5.57 Å². The molecular weight excluding hydrogens is 319 g/mol. The molecule has 0 saturated heterocycles. The molecule has 0 aliphatic carbocycles. The summed E-state index contributed by atoms with van der Waals surface area (Å²) in [6.45, 7) is 6.71. The predicted octanol–water partition coefficient (Wildman–Crippen LogP) is 4.99. The van der Waals surface area contributed by atoms with Crippen LogP contribution in [0.15, 0.2) is 60.7 Å². The number of rotatable bonds is 8. The second-order valence-corrected chi connectivity index (χ2v) is 8.04. The number of hydrogen-bond acceptors (Lipinski definition) is 3. The van der Waals surface area contributed by atoms with Crippen molar-refractivity contribution in [2.24, 2.45) is 0 Å². The van der Waals surface area contributed by atoms with Crippen molar-refractivity contribution in [1.82, 2.24) is 0 Å². The first-order valence-corrected chi connectivity index (χ1v) is 10.4. The zero-order valence-electron chi connectivity index (χ0n) is 14.7. The second-order valence-electron chi connectivity index (χ2n) is 5.63. The summed E-state index contributed by atoms with van der Waals surface area (Å²) in [7, 11) is -3.17. The maximum absolute atomic E-state index is 10.6.